The van der Waals surface area contributed by atoms with Crippen LogP contribution in [0.2, 0.25) is 0 Å². The molecule has 1 atom stereocenters. The molecule has 1 heterocycles. The number of halogens is 2. The van der Waals surface area contributed by atoms with E-state index in [-0.39, 0.29) is 0 Å². The molecule has 1 aromatic rings. The van der Waals surface area contributed by atoms with Gasteiger partial charge in [-0.2, -0.15) is 0 Å². The van der Waals surface area contributed by atoms with Gasteiger partial charge in [0.25, 0.3) is 0 Å². The highest BCUT2D eigenvalue weighted by Crippen LogP contribution is 2.36. The van der Waals surface area contributed by atoms with Gasteiger partial charge in [-0.1, -0.05) is 0 Å². The van der Waals surface area contributed by atoms with Crippen molar-refractivity contribution in [3.8, 4) is 12.3 Å². The van der Waals surface area contributed by atoms with Crippen molar-refractivity contribution < 1.29 is 0 Å². The number of hydrogen-bond donors (Lipinski definition) is 1. The molecule has 0 bridgehead atoms. The van der Waals surface area contributed by atoms with Gasteiger partial charge in [0.2, 0.25) is 0 Å². The highest BCUT2D eigenvalue weighted by molar-refractivity contribution is 9.13. The Morgan fingerprint density at radius 1 is 1.64 bits per heavy atom. The van der Waals surface area contributed by atoms with Gasteiger partial charge in [0.1, 0.15) is 0 Å². The summed E-state index contributed by atoms with van der Waals surface area (Å²) >= 11 is 8.70. The third kappa shape index (κ3) is 3.09. The maximum atomic E-state index is 5.25. The van der Waals surface area contributed by atoms with Crippen LogP contribution in [0.4, 0.5) is 0 Å². The normalized spacial score (nSPS) is 12.4. The Kier molecular flexibility index (Phi) is 5.18. The molecule has 1 nitrogen and oxygen atoms in total. The fourth-order valence-electron chi connectivity index (χ4n) is 1.19. The van der Waals surface area contributed by atoms with Gasteiger partial charge in [-0.15, -0.1) is 23.7 Å². The second-order valence-corrected chi connectivity index (χ2v) is 6.11. The lowest BCUT2D eigenvalue weighted by molar-refractivity contribution is 0.567. The largest absolute Gasteiger partial charge is 0.312 e. The van der Waals surface area contributed by atoms with Gasteiger partial charge < -0.3 is 5.32 Å². The molecule has 0 radical (unpaired) electrons. The number of rotatable bonds is 4. The first kappa shape index (κ1) is 12.3. The van der Waals surface area contributed by atoms with E-state index >= 15 is 0 Å². The second kappa shape index (κ2) is 5.92. The Balaban J connectivity index is 2.74. The average molecular weight is 337 g/mol. The summed E-state index contributed by atoms with van der Waals surface area (Å²) in [5.74, 6) is 2.66. The molecule has 0 aliphatic carbocycles. The monoisotopic (exact) mass is 335 g/mol. The van der Waals surface area contributed by atoms with Crippen molar-refractivity contribution >= 4 is 43.2 Å². The molecule has 0 spiro atoms. The summed E-state index contributed by atoms with van der Waals surface area (Å²) in [5, 5.41) is 3.27. The van der Waals surface area contributed by atoms with Gasteiger partial charge in [-0.3, -0.25) is 0 Å². The van der Waals surface area contributed by atoms with Crippen molar-refractivity contribution in [1.82, 2.24) is 5.32 Å². The molecule has 1 N–H and O–H groups in total. The zero-order chi connectivity index (χ0) is 10.6. The zero-order valence-electron chi connectivity index (χ0n) is 7.81. The zero-order valence-corrected chi connectivity index (χ0v) is 11.8. The number of nitrogens with one attached hydrogen (secondary N) is 1. The van der Waals surface area contributed by atoms with Crippen LogP contribution in [0.1, 0.15) is 23.8 Å². The summed E-state index contributed by atoms with van der Waals surface area (Å²) in [6.45, 7) is 0. The molecule has 0 aliphatic heterocycles. The van der Waals surface area contributed by atoms with Crippen molar-refractivity contribution in [2.75, 3.05) is 7.05 Å². The number of hydrogen-bond acceptors (Lipinski definition) is 2. The topological polar surface area (TPSA) is 12.0 Å². The summed E-state index contributed by atoms with van der Waals surface area (Å²) in [6.07, 6.45) is 7.03. The standard InChI is InChI=1S/C10H11Br2NS/c1-3-4-5-8(13-2)9-6-7(11)10(12)14-9/h1,6,8,13H,4-5H2,2H3. The Morgan fingerprint density at radius 2 is 2.36 bits per heavy atom. The maximum absolute atomic E-state index is 5.25. The first-order valence-electron chi connectivity index (χ1n) is 4.24. The van der Waals surface area contributed by atoms with Gasteiger partial charge in [0.05, 0.1) is 3.79 Å². The van der Waals surface area contributed by atoms with Crippen LogP contribution in [0, 0.1) is 12.3 Å². The lowest BCUT2D eigenvalue weighted by Crippen LogP contribution is -2.14. The summed E-state index contributed by atoms with van der Waals surface area (Å²) < 4.78 is 2.24. The minimum atomic E-state index is 0.360. The predicted octanol–water partition coefficient (Wildman–Crippen LogP) is 3.95. The fraction of sp³-hybridized carbons (Fsp3) is 0.400. The van der Waals surface area contributed by atoms with Gasteiger partial charge in [-0.05, 0) is 51.4 Å². The molecule has 14 heavy (non-hydrogen) atoms. The molecule has 76 valence electrons. The van der Waals surface area contributed by atoms with Crippen LogP contribution in [-0.4, -0.2) is 7.05 Å². The van der Waals surface area contributed by atoms with Gasteiger partial charge in [-0.25, -0.2) is 0 Å². The van der Waals surface area contributed by atoms with E-state index in [1.165, 1.54) is 4.88 Å². The van der Waals surface area contributed by atoms with E-state index < -0.39 is 0 Å². The van der Waals surface area contributed by atoms with E-state index in [9.17, 15) is 0 Å². The minimum Gasteiger partial charge on any atom is -0.312 e. The molecule has 0 saturated heterocycles. The molecule has 1 aromatic heterocycles. The lowest BCUT2D eigenvalue weighted by Gasteiger charge is -2.11. The van der Waals surface area contributed by atoms with E-state index in [1.807, 2.05) is 7.05 Å². The van der Waals surface area contributed by atoms with E-state index in [2.05, 4.69) is 49.2 Å². The van der Waals surface area contributed by atoms with Crippen LogP contribution < -0.4 is 5.32 Å². The van der Waals surface area contributed by atoms with Gasteiger partial charge in [0.15, 0.2) is 0 Å². The molecule has 0 fully saturated rings. The summed E-state index contributed by atoms with van der Waals surface area (Å²) in [4.78, 5) is 1.31. The van der Waals surface area contributed by atoms with Crippen molar-refractivity contribution in [1.29, 1.82) is 0 Å². The lowest BCUT2D eigenvalue weighted by atomic mass is 10.1. The molecule has 1 unspecified atom stereocenters. The predicted molar refractivity (Wildman–Crippen MR) is 69.6 cm³/mol. The molecule has 0 aromatic carbocycles. The number of terminal acetylenes is 1. The van der Waals surface area contributed by atoms with Crippen LogP contribution in [0.15, 0.2) is 14.3 Å². The molecule has 0 amide bonds. The van der Waals surface area contributed by atoms with Gasteiger partial charge >= 0.3 is 0 Å². The van der Waals surface area contributed by atoms with E-state index in [1.54, 1.807) is 11.3 Å². The Labute approximate surface area is 106 Å². The Hall–Kier alpha value is 0.180. The second-order valence-electron chi connectivity index (χ2n) is 2.85. The van der Waals surface area contributed by atoms with E-state index in [0.29, 0.717) is 6.04 Å². The molecule has 0 saturated carbocycles. The van der Waals surface area contributed by atoms with Crippen molar-refractivity contribution in [2.45, 2.75) is 18.9 Å². The highest BCUT2D eigenvalue weighted by Gasteiger charge is 2.13. The Bertz CT molecular complexity index is 321. The quantitative estimate of drug-likeness (QED) is 0.821. The summed E-state index contributed by atoms with van der Waals surface area (Å²) in [6, 6.07) is 2.49. The molecule has 1 rings (SSSR count). The van der Waals surface area contributed by atoms with Crippen LogP contribution in [0.5, 0.6) is 0 Å². The molecular formula is C10H11Br2NS. The third-order valence-electron chi connectivity index (χ3n) is 1.93. The first-order valence-corrected chi connectivity index (χ1v) is 6.64. The van der Waals surface area contributed by atoms with Gasteiger partial charge in [0, 0.05) is 21.8 Å². The maximum Gasteiger partial charge on any atom is 0.0843 e. The van der Waals surface area contributed by atoms with Crippen LogP contribution >= 0.6 is 43.2 Å². The SMILES string of the molecule is C#CCCC(NC)c1cc(Br)c(Br)s1. The van der Waals surface area contributed by atoms with Crippen LogP contribution in [-0.2, 0) is 0 Å². The number of thiophene rings is 1. The fourth-order valence-corrected chi connectivity index (χ4v) is 3.43. The summed E-state index contributed by atoms with van der Waals surface area (Å²) in [7, 11) is 1.96. The smallest absolute Gasteiger partial charge is 0.0843 e. The van der Waals surface area contributed by atoms with Crippen molar-refractivity contribution in [3.05, 3.63) is 19.2 Å². The Morgan fingerprint density at radius 3 is 2.79 bits per heavy atom. The average Bonchev–Trinajstić information content (AvgIpc) is 2.48. The molecule has 4 heteroatoms. The van der Waals surface area contributed by atoms with E-state index in [4.69, 9.17) is 6.42 Å². The van der Waals surface area contributed by atoms with Crippen LogP contribution in [0.25, 0.3) is 0 Å². The summed E-state index contributed by atoms with van der Waals surface area (Å²) in [5.41, 5.74) is 0. The van der Waals surface area contributed by atoms with Crippen molar-refractivity contribution in [2.24, 2.45) is 0 Å². The highest BCUT2D eigenvalue weighted by atomic mass is 79.9. The molecular weight excluding hydrogens is 326 g/mol. The first-order chi connectivity index (χ1) is 6.69. The molecule has 0 aliphatic rings. The van der Waals surface area contributed by atoms with Crippen LogP contribution in [0.3, 0.4) is 0 Å². The van der Waals surface area contributed by atoms with E-state index in [0.717, 1.165) is 21.1 Å². The minimum absolute atomic E-state index is 0.360. The van der Waals surface area contributed by atoms with Crippen molar-refractivity contribution in [3.63, 3.8) is 0 Å². The third-order valence-corrected chi connectivity index (χ3v) is 5.30.